The number of nitrogens with one attached hydrogen (secondary N) is 1. The van der Waals surface area contributed by atoms with Gasteiger partial charge in [-0.05, 0) is 43.7 Å². The highest BCUT2D eigenvalue weighted by molar-refractivity contribution is 5.84. The summed E-state index contributed by atoms with van der Waals surface area (Å²) in [6.07, 6.45) is 7.05. The zero-order valence-electron chi connectivity index (χ0n) is 14.8. The SMILES string of the molecule is CCC1CCCCN1C(=O)COC(=O)CCc1c[nH]c2ccccc12. The van der Waals surface area contributed by atoms with Crippen molar-refractivity contribution >= 4 is 22.8 Å². The van der Waals surface area contributed by atoms with Gasteiger partial charge in [0, 0.05) is 36.1 Å². The summed E-state index contributed by atoms with van der Waals surface area (Å²) >= 11 is 0. The fourth-order valence-electron chi connectivity index (χ4n) is 3.63. The monoisotopic (exact) mass is 342 g/mol. The quantitative estimate of drug-likeness (QED) is 0.818. The Morgan fingerprint density at radius 1 is 1.28 bits per heavy atom. The molecule has 1 saturated heterocycles. The Morgan fingerprint density at radius 3 is 2.96 bits per heavy atom. The van der Waals surface area contributed by atoms with Gasteiger partial charge in [0.05, 0.1) is 0 Å². The van der Waals surface area contributed by atoms with E-state index in [9.17, 15) is 9.59 Å². The third-order valence-electron chi connectivity index (χ3n) is 5.05. The minimum Gasteiger partial charge on any atom is -0.456 e. The Morgan fingerprint density at radius 2 is 2.12 bits per heavy atom. The lowest BCUT2D eigenvalue weighted by atomic mass is 10.00. The molecule has 5 nitrogen and oxygen atoms in total. The first-order valence-corrected chi connectivity index (χ1v) is 9.19. The molecule has 0 aliphatic carbocycles. The van der Waals surface area contributed by atoms with Crippen LogP contribution >= 0.6 is 0 Å². The van der Waals surface area contributed by atoms with Gasteiger partial charge in [0.25, 0.3) is 5.91 Å². The van der Waals surface area contributed by atoms with Gasteiger partial charge in [-0.1, -0.05) is 25.1 Å². The summed E-state index contributed by atoms with van der Waals surface area (Å²) in [6.45, 7) is 2.75. The van der Waals surface area contributed by atoms with Gasteiger partial charge in [-0.2, -0.15) is 0 Å². The molecule has 2 heterocycles. The maximum atomic E-state index is 12.3. The average molecular weight is 342 g/mol. The summed E-state index contributed by atoms with van der Waals surface area (Å²) in [5, 5.41) is 1.13. The number of para-hydroxylation sites is 1. The van der Waals surface area contributed by atoms with Crippen molar-refractivity contribution in [3.8, 4) is 0 Å². The van der Waals surface area contributed by atoms with Crippen LogP contribution in [-0.2, 0) is 20.7 Å². The second kappa shape index (κ2) is 8.19. The molecule has 0 bridgehead atoms. The molecule has 1 fully saturated rings. The van der Waals surface area contributed by atoms with E-state index in [1.165, 1.54) is 6.42 Å². The van der Waals surface area contributed by atoms with E-state index in [1.54, 1.807) is 0 Å². The number of amides is 1. The summed E-state index contributed by atoms with van der Waals surface area (Å²) < 4.78 is 5.22. The van der Waals surface area contributed by atoms with Crippen LogP contribution in [0.3, 0.4) is 0 Å². The molecule has 1 amide bonds. The number of H-pyrrole nitrogens is 1. The number of fused-ring (bicyclic) bond motifs is 1. The summed E-state index contributed by atoms with van der Waals surface area (Å²) in [7, 11) is 0. The van der Waals surface area contributed by atoms with Crippen molar-refractivity contribution in [2.45, 2.75) is 51.5 Å². The number of carbonyl (C=O) groups is 2. The molecule has 1 aliphatic heterocycles. The summed E-state index contributed by atoms with van der Waals surface area (Å²) in [5.41, 5.74) is 2.16. The molecule has 0 radical (unpaired) electrons. The summed E-state index contributed by atoms with van der Waals surface area (Å²) in [6, 6.07) is 8.31. The van der Waals surface area contributed by atoms with Gasteiger partial charge < -0.3 is 14.6 Å². The maximum Gasteiger partial charge on any atom is 0.306 e. The summed E-state index contributed by atoms with van der Waals surface area (Å²) in [5.74, 6) is -0.379. The topological polar surface area (TPSA) is 62.4 Å². The Hall–Kier alpha value is -2.30. The number of likely N-dealkylation sites (tertiary alicyclic amines) is 1. The van der Waals surface area contributed by atoms with Gasteiger partial charge in [0.15, 0.2) is 6.61 Å². The average Bonchev–Trinajstić information content (AvgIpc) is 3.07. The number of nitrogens with zero attached hydrogens (tertiary/aromatic N) is 1. The molecule has 3 rings (SSSR count). The molecule has 1 aromatic carbocycles. The lowest BCUT2D eigenvalue weighted by molar-refractivity contribution is -0.153. The zero-order chi connectivity index (χ0) is 17.6. The molecule has 2 aromatic rings. The predicted octanol–water partition coefficient (Wildman–Crippen LogP) is 3.43. The van der Waals surface area contributed by atoms with E-state index in [0.29, 0.717) is 12.5 Å². The van der Waals surface area contributed by atoms with E-state index in [1.807, 2.05) is 35.4 Å². The van der Waals surface area contributed by atoms with Crippen molar-refractivity contribution in [2.75, 3.05) is 13.2 Å². The molecule has 1 N–H and O–H groups in total. The lowest BCUT2D eigenvalue weighted by Gasteiger charge is -2.35. The van der Waals surface area contributed by atoms with Crippen molar-refractivity contribution in [2.24, 2.45) is 0 Å². The zero-order valence-corrected chi connectivity index (χ0v) is 14.8. The second-order valence-corrected chi connectivity index (χ2v) is 6.67. The van der Waals surface area contributed by atoms with Crippen molar-refractivity contribution in [3.63, 3.8) is 0 Å². The van der Waals surface area contributed by atoms with E-state index in [4.69, 9.17) is 4.74 Å². The maximum absolute atomic E-state index is 12.3. The van der Waals surface area contributed by atoms with E-state index in [-0.39, 0.29) is 24.9 Å². The standard InChI is InChI=1S/C20H26N2O3/c1-2-16-7-5-6-12-22(16)19(23)14-25-20(24)11-10-15-13-21-18-9-4-3-8-17(15)18/h3-4,8-9,13,16,21H,2,5-7,10-12,14H2,1H3. The van der Waals surface area contributed by atoms with Gasteiger partial charge in [-0.3, -0.25) is 9.59 Å². The van der Waals surface area contributed by atoms with E-state index in [2.05, 4.69) is 11.9 Å². The van der Waals surface area contributed by atoms with Gasteiger partial charge in [0.1, 0.15) is 0 Å². The molecule has 0 saturated carbocycles. The third kappa shape index (κ3) is 4.21. The Kier molecular flexibility index (Phi) is 5.74. The Labute approximate surface area is 148 Å². The van der Waals surface area contributed by atoms with Crippen LogP contribution in [0.25, 0.3) is 10.9 Å². The van der Waals surface area contributed by atoms with Gasteiger partial charge >= 0.3 is 5.97 Å². The number of hydrogen-bond acceptors (Lipinski definition) is 3. The fourth-order valence-corrected chi connectivity index (χ4v) is 3.63. The van der Waals surface area contributed by atoms with Gasteiger partial charge in [-0.15, -0.1) is 0 Å². The lowest BCUT2D eigenvalue weighted by Crippen LogP contribution is -2.45. The van der Waals surface area contributed by atoms with Crippen LogP contribution in [0.1, 0.15) is 44.6 Å². The fraction of sp³-hybridized carbons (Fsp3) is 0.500. The summed E-state index contributed by atoms with van der Waals surface area (Å²) in [4.78, 5) is 29.4. The molecular weight excluding hydrogens is 316 g/mol. The van der Waals surface area contributed by atoms with Crippen molar-refractivity contribution in [1.82, 2.24) is 9.88 Å². The molecule has 1 atom stereocenters. The number of piperidine rings is 1. The number of rotatable bonds is 6. The molecule has 0 spiro atoms. The Balaban J connectivity index is 1.47. The number of aromatic nitrogens is 1. The van der Waals surface area contributed by atoms with Crippen LogP contribution in [0.2, 0.25) is 0 Å². The smallest absolute Gasteiger partial charge is 0.306 e. The normalized spacial score (nSPS) is 17.6. The second-order valence-electron chi connectivity index (χ2n) is 6.67. The minimum absolute atomic E-state index is 0.0630. The van der Waals surface area contributed by atoms with E-state index in [0.717, 1.165) is 42.3 Å². The number of carbonyl (C=O) groups excluding carboxylic acids is 2. The van der Waals surface area contributed by atoms with Gasteiger partial charge in [0.2, 0.25) is 0 Å². The number of hydrogen-bond donors (Lipinski definition) is 1. The van der Waals surface area contributed by atoms with Crippen molar-refractivity contribution < 1.29 is 14.3 Å². The highest BCUT2D eigenvalue weighted by Crippen LogP contribution is 2.20. The van der Waals surface area contributed by atoms with Crippen molar-refractivity contribution in [3.05, 3.63) is 36.0 Å². The number of aryl methyl sites for hydroxylation is 1. The van der Waals surface area contributed by atoms with Crippen LogP contribution < -0.4 is 0 Å². The van der Waals surface area contributed by atoms with E-state index >= 15 is 0 Å². The molecule has 25 heavy (non-hydrogen) atoms. The molecular formula is C20H26N2O3. The molecule has 134 valence electrons. The van der Waals surface area contributed by atoms with Crippen LogP contribution in [0.4, 0.5) is 0 Å². The molecule has 1 unspecified atom stereocenters. The number of esters is 1. The van der Waals surface area contributed by atoms with Crippen LogP contribution in [0.5, 0.6) is 0 Å². The van der Waals surface area contributed by atoms with Crippen LogP contribution in [0, 0.1) is 0 Å². The van der Waals surface area contributed by atoms with Crippen LogP contribution in [0.15, 0.2) is 30.5 Å². The number of benzene rings is 1. The number of aromatic amines is 1. The molecule has 1 aromatic heterocycles. The highest BCUT2D eigenvalue weighted by atomic mass is 16.5. The first-order valence-electron chi connectivity index (χ1n) is 9.19. The van der Waals surface area contributed by atoms with Crippen LogP contribution in [-0.4, -0.2) is 41.0 Å². The largest absolute Gasteiger partial charge is 0.456 e. The van der Waals surface area contributed by atoms with Gasteiger partial charge in [-0.25, -0.2) is 0 Å². The molecule has 5 heteroatoms. The number of ether oxygens (including phenoxy) is 1. The predicted molar refractivity (Wildman–Crippen MR) is 97.2 cm³/mol. The first kappa shape index (κ1) is 17.5. The third-order valence-corrected chi connectivity index (χ3v) is 5.05. The first-order chi connectivity index (χ1) is 12.2. The minimum atomic E-state index is -0.316. The Bertz CT molecular complexity index is 737. The highest BCUT2D eigenvalue weighted by Gasteiger charge is 2.25. The van der Waals surface area contributed by atoms with Crippen molar-refractivity contribution in [1.29, 1.82) is 0 Å². The van der Waals surface area contributed by atoms with E-state index < -0.39 is 0 Å². The molecule has 1 aliphatic rings.